The van der Waals surface area contributed by atoms with Crippen LogP contribution in [-0.2, 0) is 4.74 Å². The molecule has 0 aliphatic rings. The van der Waals surface area contributed by atoms with Crippen LogP contribution in [0.1, 0.15) is 31.6 Å². The maximum atomic E-state index is 11.9. The molecule has 1 atom stereocenters. The molecule has 0 saturated heterocycles. The highest BCUT2D eigenvalue weighted by Gasteiger charge is 2.28. The van der Waals surface area contributed by atoms with Crippen LogP contribution in [0, 0.1) is 0 Å². The maximum absolute atomic E-state index is 11.9. The maximum Gasteiger partial charge on any atom is 0.411 e. The average Bonchev–Trinajstić information content (AvgIpc) is 2.58. The number of aromatic nitrogens is 2. The molecule has 0 aromatic carbocycles. The second-order valence-corrected chi connectivity index (χ2v) is 4.56. The van der Waals surface area contributed by atoms with Crippen molar-refractivity contribution in [3.63, 3.8) is 0 Å². The van der Waals surface area contributed by atoms with Gasteiger partial charge in [-0.05, 0) is 13.8 Å². The Bertz CT molecular complexity index is 392. The Morgan fingerprint density at radius 2 is 2.11 bits per heavy atom. The average molecular weight is 286 g/mol. The molecule has 0 radical (unpaired) electrons. The number of hydrogen-bond acceptors (Lipinski definition) is 3. The summed E-state index contributed by atoms with van der Waals surface area (Å²) in [7, 11) is 0. The van der Waals surface area contributed by atoms with Crippen molar-refractivity contribution in [3.8, 4) is 0 Å². The monoisotopic (exact) mass is 285 g/mol. The molecule has 104 valence electrons. The Kier molecular flexibility index (Phi) is 5.01. The van der Waals surface area contributed by atoms with Crippen LogP contribution in [0.3, 0.4) is 0 Å². The van der Waals surface area contributed by atoms with Crippen LogP contribution in [-0.4, -0.2) is 29.2 Å². The van der Waals surface area contributed by atoms with E-state index in [1.54, 1.807) is 4.68 Å². The van der Waals surface area contributed by atoms with Crippen molar-refractivity contribution < 1.29 is 17.9 Å². The Morgan fingerprint density at radius 1 is 1.50 bits per heavy atom. The topological polar surface area (TPSA) is 53.1 Å². The number of nitrogens with zero attached hydrogens (tertiary/aromatic N) is 2. The summed E-state index contributed by atoms with van der Waals surface area (Å²) >= 11 is 5.91. The van der Waals surface area contributed by atoms with E-state index in [4.69, 9.17) is 17.3 Å². The lowest BCUT2D eigenvalue weighted by Crippen LogP contribution is -2.25. The zero-order valence-electron chi connectivity index (χ0n) is 10.0. The summed E-state index contributed by atoms with van der Waals surface area (Å²) in [5.41, 5.74) is 6.25. The predicted molar refractivity (Wildman–Crippen MR) is 61.4 cm³/mol. The van der Waals surface area contributed by atoms with Crippen molar-refractivity contribution in [2.45, 2.75) is 32.1 Å². The number of rotatable bonds is 5. The highest BCUT2D eigenvalue weighted by atomic mass is 35.5. The van der Waals surface area contributed by atoms with Crippen LogP contribution in [0.5, 0.6) is 0 Å². The van der Waals surface area contributed by atoms with Crippen molar-refractivity contribution in [2.75, 3.05) is 13.2 Å². The van der Waals surface area contributed by atoms with E-state index in [1.165, 1.54) is 6.20 Å². The van der Waals surface area contributed by atoms with Crippen LogP contribution in [0.25, 0.3) is 0 Å². The van der Waals surface area contributed by atoms with Crippen LogP contribution in [0.15, 0.2) is 6.20 Å². The van der Waals surface area contributed by atoms with E-state index in [0.717, 1.165) is 0 Å². The summed E-state index contributed by atoms with van der Waals surface area (Å²) < 4.78 is 41.9. The van der Waals surface area contributed by atoms with Gasteiger partial charge in [-0.3, -0.25) is 4.68 Å². The van der Waals surface area contributed by atoms with Gasteiger partial charge in [0, 0.05) is 6.04 Å². The van der Waals surface area contributed by atoms with E-state index in [9.17, 15) is 13.2 Å². The summed E-state index contributed by atoms with van der Waals surface area (Å²) in [4.78, 5) is 0. The van der Waals surface area contributed by atoms with Crippen molar-refractivity contribution in [3.05, 3.63) is 16.9 Å². The molecule has 4 nitrogen and oxygen atoms in total. The normalized spacial score (nSPS) is 14.2. The molecule has 0 bridgehead atoms. The lowest BCUT2D eigenvalue weighted by molar-refractivity contribution is -0.175. The fourth-order valence-corrected chi connectivity index (χ4v) is 1.76. The van der Waals surface area contributed by atoms with E-state index < -0.39 is 18.8 Å². The third kappa shape index (κ3) is 4.15. The first kappa shape index (κ1) is 15.3. The molecular formula is C10H15ClF3N3O. The molecule has 2 N–H and O–H groups in total. The first-order chi connectivity index (χ1) is 8.22. The van der Waals surface area contributed by atoms with Crippen molar-refractivity contribution in [2.24, 2.45) is 5.73 Å². The van der Waals surface area contributed by atoms with E-state index in [1.807, 2.05) is 13.8 Å². The van der Waals surface area contributed by atoms with Crippen molar-refractivity contribution in [1.29, 1.82) is 0 Å². The standard InChI is InChI=1S/C10H15ClF3N3O/c1-6(2)17-9(7(11)3-16-17)8(15)4-18-5-10(12,13)14/h3,6,8H,4-5,15H2,1-2H3. The minimum absolute atomic E-state index is 0.0150. The molecule has 0 spiro atoms. The smallest absolute Gasteiger partial charge is 0.370 e. The van der Waals surface area contributed by atoms with Gasteiger partial charge >= 0.3 is 6.18 Å². The number of nitrogens with two attached hydrogens (primary N) is 1. The highest BCUT2D eigenvalue weighted by Crippen LogP contribution is 2.25. The Balaban J connectivity index is 2.66. The lowest BCUT2D eigenvalue weighted by atomic mass is 10.2. The van der Waals surface area contributed by atoms with Gasteiger partial charge in [0.2, 0.25) is 0 Å². The fourth-order valence-electron chi connectivity index (χ4n) is 1.49. The molecule has 8 heteroatoms. The summed E-state index contributed by atoms with van der Waals surface area (Å²) in [6.45, 7) is 2.15. The molecule has 18 heavy (non-hydrogen) atoms. The molecule has 1 rings (SSSR count). The fraction of sp³-hybridized carbons (Fsp3) is 0.700. The van der Waals surface area contributed by atoms with Gasteiger partial charge in [0.05, 0.1) is 29.6 Å². The summed E-state index contributed by atoms with van der Waals surface area (Å²) in [5.74, 6) is 0. The molecule has 1 aromatic heterocycles. The minimum Gasteiger partial charge on any atom is -0.370 e. The van der Waals surface area contributed by atoms with Gasteiger partial charge in [0.25, 0.3) is 0 Å². The van der Waals surface area contributed by atoms with Crippen molar-refractivity contribution >= 4 is 11.6 Å². The van der Waals surface area contributed by atoms with Crippen LogP contribution in [0.4, 0.5) is 13.2 Å². The molecular weight excluding hydrogens is 271 g/mol. The second kappa shape index (κ2) is 5.90. The van der Waals surface area contributed by atoms with Gasteiger partial charge in [0.15, 0.2) is 0 Å². The molecule has 0 aliphatic heterocycles. The zero-order chi connectivity index (χ0) is 13.9. The molecule has 0 saturated carbocycles. The Morgan fingerprint density at radius 3 is 2.61 bits per heavy atom. The van der Waals surface area contributed by atoms with E-state index in [0.29, 0.717) is 10.7 Å². The molecule has 0 aliphatic carbocycles. The number of ether oxygens (including phenoxy) is 1. The SMILES string of the molecule is CC(C)n1ncc(Cl)c1C(N)COCC(F)(F)F. The van der Waals surface area contributed by atoms with E-state index in [-0.39, 0.29) is 12.6 Å². The lowest BCUT2D eigenvalue weighted by Gasteiger charge is -2.17. The number of hydrogen-bond donors (Lipinski definition) is 1. The minimum atomic E-state index is -4.36. The van der Waals surface area contributed by atoms with Gasteiger partial charge in [0.1, 0.15) is 6.61 Å². The highest BCUT2D eigenvalue weighted by molar-refractivity contribution is 6.31. The molecule has 1 unspecified atom stereocenters. The van der Waals surface area contributed by atoms with Gasteiger partial charge in [-0.25, -0.2) is 0 Å². The number of halogens is 4. The predicted octanol–water partition coefficient (Wildman–Crippen LogP) is 2.70. The molecule has 1 heterocycles. The number of alkyl halides is 3. The third-order valence-electron chi connectivity index (χ3n) is 2.19. The van der Waals surface area contributed by atoms with Crippen molar-refractivity contribution in [1.82, 2.24) is 9.78 Å². The summed E-state index contributed by atoms with van der Waals surface area (Å²) in [5, 5.41) is 4.35. The summed E-state index contributed by atoms with van der Waals surface area (Å²) in [6.07, 6.45) is -2.94. The second-order valence-electron chi connectivity index (χ2n) is 4.15. The molecule has 1 aromatic rings. The quantitative estimate of drug-likeness (QED) is 0.905. The Labute approximate surface area is 108 Å². The van der Waals surface area contributed by atoms with E-state index >= 15 is 0 Å². The van der Waals surface area contributed by atoms with Crippen LogP contribution in [0.2, 0.25) is 5.02 Å². The Hall–Kier alpha value is -0.790. The zero-order valence-corrected chi connectivity index (χ0v) is 10.8. The summed E-state index contributed by atoms with van der Waals surface area (Å²) in [6, 6.07) is -0.731. The van der Waals surface area contributed by atoms with Crippen LogP contribution < -0.4 is 5.73 Å². The van der Waals surface area contributed by atoms with E-state index in [2.05, 4.69) is 9.84 Å². The van der Waals surface area contributed by atoms with Gasteiger partial charge in [-0.2, -0.15) is 18.3 Å². The first-order valence-corrected chi connectivity index (χ1v) is 5.73. The molecule has 0 amide bonds. The first-order valence-electron chi connectivity index (χ1n) is 5.35. The largest absolute Gasteiger partial charge is 0.411 e. The van der Waals surface area contributed by atoms with Gasteiger partial charge in [-0.15, -0.1) is 0 Å². The van der Waals surface area contributed by atoms with Gasteiger partial charge < -0.3 is 10.5 Å². The van der Waals surface area contributed by atoms with Crippen LogP contribution >= 0.6 is 11.6 Å². The molecule has 0 fully saturated rings. The third-order valence-corrected chi connectivity index (χ3v) is 2.48. The van der Waals surface area contributed by atoms with Gasteiger partial charge in [-0.1, -0.05) is 11.6 Å².